The number of hydrogen-bond acceptors (Lipinski definition) is 5. The van der Waals surface area contributed by atoms with Crippen molar-refractivity contribution in [3.8, 4) is 11.5 Å². The number of hydrogen-bond donors (Lipinski definition) is 2. The minimum Gasteiger partial charge on any atom is -0.497 e. The molecule has 1 fully saturated rings. The first-order valence-electron chi connectivity index (χ1n) is 11.2. The average Bonchev–Trinajstić information content (AvgIpc) is 3.25. The van der Waals surface area contributed by atoms with Crippen molar-refractivity contribution in [1.82, 2.24) is 10.9 Å². The summed E-state index contributed by atoms with van der Waals surface area (Å²) in [4.78, 5) is 2.50. The highest BCUT2D eigenvalue weighted by atomic mass is 16.5. The van der Waals surface area contributed by atoms with Crippen LogP contribution in [0.4, 0.5) is 5.69 Å². The number of ether oxygens (including phenoxy) is 2. The Morgan fingerprint density at radius 3 is 2.25 bits per heavy atom. The first-order chi connectivity index (χ1) is 15.6. The summed E-state index contributed by atoms with van der Waals surface area (Å²) >= 11 is 0. The second-order valence-corrected chi connectivity index (χ2v) is 8.90. The number of anilines is 1. The Morgan fingerprint density at radius 1 is 0.812 bits per heavy atom. The molecule has 0 bridgehead atoms. The molecule has 3 aromatic carbocycles. The molecule has 2 aliphatic heterocycles. The van der Waals surface area contributed by atoms with Gasteiger partial charge >= 0.3 is 0 Å². The van der Waals surface area contributed by atoms with E-state index in [2.05, 4.69) is 78.1 Å². The van der Waals surface area contributed by atoms with Crippen molar-refractivity contribution in [2.45, 2.75) is 32.5 Å². The average molecular weight is 430 g/mol. The van der Waals surface area contributed by atoms with Crippen LogP contribution in [0.25, 0.3) is 0 Å². The topological polar surface area (TPSA) is 45.8 Å². The van der Waals surface area contributed by atoms with Crippen LogP contribution >= 0.6 is 0 Å². The highest BCUT2D eigenvalue weighted by Crippen LogP contribution is 2.46. The van der Waals surface area contributed by atoms with Crippen LogP contribution in [0.15, 0.2) is 60.7 Å². The van der Waals surface area contributed by atoms with Gasteiger partial charge in [0.05, 0.1) is 26.3 Å². The number of hydrazine groups is 1. The molecule has 1 saturated heterocycles. The molecule has 3 unspecified atom stereocenters. The number of nitrogens with one attached hydrogen (secondary N) is 2. The quantitative estimate of drug-likeness (QED) is 0.607. The third-order valence-electron chi connectivity index (χ3n) is 7.01. The van der Waals surface area contributed by atoms with Crippen LogP contribution < -0.4 is 25.2 Å². The van der Waals surface area contributed by atoms with Gasteiger partial charge in [0.25, 0.3) is 0 Å². The standard InChI is InChI=1S/C27H31N3O2/c1-17-5-8-20(13-18(17)2)26-24-16-30(15-19-6-9-21(31-3)10-7-19)25-12-11-22(32-4)14-23(25)27(24)29-28-26/h5-14,24,26-29H,15-16H2,1-4H3. The van der Waals surface area contributed by atoms with Gasteiger partial charge in [-0.05, 0) is 72.0 Å². The Hall–Kier alpha value is -3.02. The van der Waals surface area contributed by atoms with Gasteiger partial charge in [-0.25, -0.2) is 10.9 Å². The molecule has 5 heteroatoms. The lowest BCUT2D eigenvalue weighted by molar-refractivity contribution is 0.392. The maximum atomic E-state index is 5.57. The van der Waals surface area contributed by atoms with Gasteiger partial charge in [-0.3, -0.25) is 0 Å². The van der Waals surface area contributed by atoms with E-state index in [1.807, 2.05) is 12.1 Å². The van der Waals surface area contributed by atoms with Gasteiger partial charge in [-0.1, -0.05) is 30.3 Å². The van der Waals surface area contributed by atoms with E-state index >= 15 is 0 Å². The molecule has 3 aromatic rings. The third kappa shape index (κ3) is 3.72. The summed E-state index contributed by atoms with van der Waals surface area (Å²) < 4.78 is 10.9. The van der Waals surface area contributed by atoms with Crippen molar-refractivity contribution in [1.29, 1.82) is 0 Å². The Kier molecular flexibility index (Phi) is 5.53. The smallest absolute Gasteiger partial charge is 0.119 e. The molecule has 0 saturated carbocycles. The zero-order chi connectivity index (χ0) is 22.2. The first kappa shape index (κ1) is 20.9. The van der Waals surface area contributed by atoms with Crippen molar-refractivity contribution in [2.75, 3.05) is 25.7 Å². The number of aryl methyl sites for hydroxylation is 2. The van der Waals surface area contributed by atoms with E-state index in [1.54, 1.807) is 14.2 Å². The summed E-state index contributed by atoms with van der Waals surface area (Å²) in [5.41, 5.74) is 15.0. The number of methoxy groups -OCH3 is 2. The third-order valence-corrected chi connectivity index (χ3v) is 7.01. The lowest BCUT2D eigenvalue weighted by atomic mass is 9.81. The Labute approximate surface area is 190 Å². The second-order valence-electron chi connectivity index (χ2n) is 8.90. The van der Waals surface area contributed by atoms with Gasteiger partial charge in [-0.2, -0.15) is 0 Å². The maximum absolute atomic E-state index is 5.57. The fourth-order valence-corrected chi connectivity index (χ4v) is 5.04. The van der Waals surface area contributed by atoms with Gasteiger partial charge < -0.3 is 14.4 Å². The molecule has 2 aliphatic rings. The van der Waals surface area contributed by atoms with Crippen LogP contribution in [0.5, 0.6) is 11.5 Å². The van der Waals surface area contributed by atoms with Gasteiger partial charge in [-0.15, -0.1) is 0 Å². The molecule has 3 atom stereocenters. The van der Waals surface area contributed by atoms with Crippen molar-refractivity contribution in [3.63, 3.8) is 0 Å². The van der Waals surface area contributed by atoms with Crippen molar-refractivity contribution in [3.05, 3.63) is 88.5 Å². The largest absolute Gasteiger partial charge is 0.497 e. The molecule has 5 rings (SSSR count). The predicted octanol–water partition coefficient (Wildman–Crippen LogP) is 4.85. The van der Waals surface area contributed by atoms with Crippen LogP contribution in [0.3, 0.4) is 0 Å². The molecule has 5 nitrogen and oxygen atoms in total. The van der Waals surface area contributed by atoms with E-state index in [0.717, 1.165) is 24.6 Å². The molecular weight excluding hydrogens is 398 g/mol. The summed E-state index contributed by atoms with van der Waals surface area (Å²) in [5.74, 6) is 2.18. The summed E-state index contributed by atoms with van der Waals surface area (Å²) in [6.45, 7) is 6.18. The fourth-order valence-electron chi connectivity index (χ4n) is 5.04. The Balaban J connectivity index is 1.50. The number of nitrogens with zero attached hydrogens (tertiary/aromatic N) is 1. The Bertz CT molecular complexity index is 1110. The van der Waals surface area contributed by atoms with Crippen LogP contribution in [-0.2, 0) is 6.54 Å². The summed E-state index contributed by atoms with van der Waals surface area (Å²) in [6, 6.07) is 22.1. The van der Waals surface area contributed by atoms with E-state index in [0.29, 0.717) is 5.92 Å². The zero-order valence-corrected chi connectivity index (χ0v) is 19.2. The molecule has 32 heavy (non-hydrogen) atoms. The minimum absolute atomic E-state index is 0.235. The molecule has 166 valence electrons. The van der Waals surface area contributed by atoms with Crippen molar-refractivity contribution < 1.29 is 9.47 Å². The Morgan fingerprint density at radius 2 is 1.53 bits per heavy atom. The molecule has 0 radical (unpaired) electrons. The van der Waals surface area contributed by atoms with Crippen LogP contribution in [0.1, 0.15) is 39.9 Å². The number of rotatable bonds is 5. The molecule has 2 heterocycles. The molecular formula is C27H31N3O2. The predicted molar refractivity (Wildman–Crippen MR) is 128 cm³/mol. The second kappa shape index (κ2) is 8.49. The molecule has 0 spiro atoms. The highest BCUT2D eigenvalue weighted by molar-refractivity contribution is 5.61. The monoisotopic (exact) mass is 429 g/mol. The molecule has 0 amide bonds. The highest BCUT2D eigenvalue weighted by Gasteiger charge is 2.43. The first-order valence-corrected chi connectivity index (χ1v) is 11.2. The van der Waals surface area contributed by atoms with E-state index in [4.69, 9.17) is 9.47 Å². The van der Waals surface area contributed by atoms with Crippen LogP contribution in [-0.4, -0.2) is 20.8 Å². The van der Waals surface area contributed by atoms with Crippen LogP contribution in [0.2, 0.25) is 0 Å². The summed E-state index contributed by atoms with van der Waals surface area (Å²) in [5, 5.41) is 0. The van der Waals surface area contributed by atoms with Crippen LogP contribution in [0, 0.1) is 19.8 Å². The minimum atomic E-state index is 0.235. The molecule has 0 aliphatic carbocycles. The van der Waals surface area contributed by atoms with E-state index < -0.39 is 0 Å². The van der Waals surface area contributed by atoms with Gasteiger partial charge in [0.1, 0.15) is 11.5 Å². The van der Waals surface area contributed by atoms with E-state index in [1.165, 1.54) is 33.5 Å². The van der Waals surface area contributed by atoms with E-state index in [-0.39, 0.29) is 12.1 Å². The maximum Gasteiger partial charge on any atom is 0.119 e. The number of fused-ring (bicyclic) bond motifs is 3. The van der Waals surface area contributed by atoms with Gasteiger partial charge in [0, 0.05) is 24.7 Å². The SMILES string of the molecule is COc1ccc(CN2CC3C(c4ccc(C)c(C)c4)NNC3c3cc(OC)ccc32)cc1. The van der Waals surface area contributed by atoms with Crippen molar-refractivity contribution in [2.24, 2.45) is 5.92 Å². The fraction of sp³-hybridized carbons (Fsp3) is 0.333. The lowest BCUT2D eigenvalue weighted by Gasteiger charge is -2.39. The van der Waals surface area contributed by atoms with E-state index in [9.17, 15) is 0 Å². The van der Waals surface area contributed by atoms with Crippen molar-refractivity contribution >= 4 is 5.69 Å². The summed E-state index contributed by atoms with van der Waals surface area (Å²) in [7, 11) is 3.44. The molecule has 0 aromatic heterocycles. The summed E-state index contributed by atoms with van der Waals surface area (Å²) in [6.07, 6.45) is 0. The lowest BCUT2D eigenvalue weighted by Crippen LogP contribution is -2.39. The van der Waals surface area contributed by atoms with Gasteiger partial charge in [0.2, 0.25) is 0 Å². The number of benzene rings is 3. The molecule has 2 N–H and O–H groups in total. The zero-order valence-electron chi connectivity index (χ0n) is 19.2. The van der Waals surface area contributed by atoms with Gasteiger partial charge in [0.15, 0.2) is 0 Å². The normalized spacial score (nSPS) is 21.8.